The van der Waals surface area contributed by atoms with Gasteiger partial charge < -0.3 is 20.3 Å². The number of aromatic carboxylic acids is 1. The lowest BCUT2D eigenvalue weighted by Gasteiger charge is -2.22. The first-order chi connectivity index (χ1) is 12.8. The van der Waals surface area contributed by atoms with Gasteiger partial charge in [0.25, 0.3) is 0 Å². The highest BCUT2D eigenvalue weighted by molar-refractivity contribution is 7.99. The lowest BCUT2D eigenvalue weighted by Crippen LogP contribution is -2.31. The Morgan fingerprint density at radius 2 is 2.00 bits per heavy atom. The van der Waals surface area contributed by atoms with Crippen LogP contribution in [0.1, 0.15) is 29.2 Å². The molecule has 3 N–H and O–H groups in total. The fraction of sp³-hybridized carbons (Fsp3) is 0.444. The highest BCUT2D eigenvalue weighted by Crippen LogP contribution is 2.40. The molecule has 10 heteroatoms. The number of thioether (sulfide) groups is 1. The molecule has 2 aromatic rings. The Labute approximate surface area is 170 Å². The molecule has 0 spiro atoms. The maximum atomic E-state index is 15.5. The van der Waals surface area contributed by atoms with Crippen LogP contribution in [0.2, 0.25) is 0 Å². The number of nitrogens with two attached hydrogens (primary N) is 1. The van der Waals surface area contributed by atoms with E-state index in [1.54, 1.807) is 16.7 Å². The Morgan fingerprint density at radius 3 is 2.54 bits per heavy atom. The molecule has 1 saturated heterocycles. The zero-order valence-electron chi connectivity index (χ0n) is 15.0. The van der Waals surface area contributed by atoms with Crippen LogP contribution in [0.3, 0.4) is 0 Å². The fourth-order valence-corrected chi connectivity index (χ4v) is 4.51. The zero-order valence-corrected chi connectivity index (χ0v) is 16.7. The van der Waals surface area contributed by atoms with Gasteiger partial charge in [-0.3, -0.25) is 4.79 Å². The molecule has 152 valence electrons. The number of anilines is 1. The highest BCUT2D eigenvalue weighted by atomic mass is 35.5. The van der Waals surface area contributed by atoms with Crippen LogP contribution in [0, 0.1) is 11.6 Å². The summed E-state index contributed by atoms with van der Waals surface area (Å²) in [5, 5.41) is 9.09. The van der Waals surface area contributed by atoms with Gasteiger partial charge in [0.2, 0.25) is 5.43 Å². The summed E-state index contributed by atoms with van der Waals surface area (Å²) in [7, 11) is 0. The molecule has 28 heavy (non-hydrogen) atoms. The molecule has 1 aliphatic heterocycles. The smallest absolute Gasteiger partial charge is 0.341 e. The second-order valence-corrected chi connectivity index (χ2v) is 8.15. The third-order valence-corrected chi connectivity index (χ3v) is 6.39. The van der Waals surface area contributed by atoms with Crippen LogP contribution in [0.25, 0.3) is 10.9 Å². The number of carbonyl (C=O) groups is 1. The zero-order chi connectivity index (χ0) is 19.5. The van der Waals surface area contributed by atoms with E-state index in [4.69, 9.17) is 5.73 Å². The van der Waals surface area contributed by atoms with Gasteiger partial charge in [0, 0.05) is 36.6 Å². The van der Waals surface area contributed by atoms with Crippen molar-refractivity contribution in [3.63, 3.8) is 0 Å². The maximum absolute atomic E-state index is 15.5. The third-order valence-electron chi connectivity index (χ3n) is 5.28. The van der Waals surface area contributed by atoms with E-state index in [0.717, 1.165) is 18.9 Å². The third kappa shape index (κ3) is 3.25. The molecule has 1 aromatic carbocycles. The molecule has 2 unspecified atom stereocenters. The fourth-order valence-electron chi connectivity index (χ4n) is 3.75. The summed E-state index contributed by atoms with van der Waals surface area (Å²) >= 11 is 1.55. The average molecular weight is 432 g/mol. The lowest BCUT2D eigenvalue weighted by molar-refractivity contribution is 0.0695. The van der Waals surface area contributed by atoms with E-state index in [0.29, 0.717) is 13.1 Å². The van der Waals surface area contributed by atoms with Gasteiger partial charge in [-0.25, -0.2) is 13.6 Å². The monoisotopic (exact) mass is 431 g/mol. The lowest BCUT2D eigenvalue weighted by atomic mass is 10.1. The number of fused-ring (bicyclic) bond motifs is 1. The summed E-state index contributed by atoms with van der Waals surface area (Å²) in [6.07, 6.45) is 4.59. The minimum Gasteiger partial charge on any atom is -0.477 e. The van der Waals surface area contributed by atoms with Crippen LogP contribution in [-0.4, -0.2) is 46.3 Å². The van der Waals surface area contributed by atoms with Gasteiger partial charge >= 0.3 is 5.97 Å². The predicted octanol–water partition coefficient (Wildman–Crippen LogP) is 2.61. The van der Waals surface area contributed by atoms with E-state index >= 15 is 4.39 Å². The number of hydrogen-bond donors (Lipinski definition) is 2. The molecule has 0 radical (unpaired) electrons. The minimum atomic E-state index is -1.41. The molecule has 6 nitrogen and oxygen atoms in total. The van der Waals surface area contributed by atoms with Gasteiger partial charge in [0.15, 0.2) is 5.82 Å². The summed E-state index contributed by atoms with van der Waals surface area (Å²) in [6.45, 7) is 0.717. The van der Waals surface area contributed by atoms with Crippen LogP contribution >= 0.6 is 24.2 Å². The van der Waals surface area contributed by atoms with Gasteiger partial charge in [-0.2, -0.15) is 11.8 Å². The molecule has 1 aromatic heterocycles. The molecule has 2 atom stereocenters. The Hall–Kier alpha value is -1.84. The summed E-state index contributed by atoms with van der Waals surface area (Å²) in [5.41, 5.74) is 4.47. The van der Waals surface area contributed by atoms with Crippen LogP contribution in [-0.2, 0) is 0 Å². The first-order valence-corrected chi connectivity index (χ1v) is 9.95. The van der Waals surface area contributed by atoms with Crippen LogP contribution in [0.4, 0.5) is 14.5 Å². The first kappa shape index (κ1) is 20.9. The summed E-state index contributed by atoms with van der Waals surface area (Å²) in [5.74, 6) is -3.12. The van der Waals surface area contributed by atoms with Gasteiger partial charge in [-0.1, -0.05) is 0 Å². The average Bonchev–Trinajstić information content (AvgIpc) is 3.38. The van der Waals surface area contributed by atoms with Gasteiger partial charge in [0.1, 0.15) is 17.1 Å². The number of carboxylic acids is 1. The number of carboxylic acid groups (broad SMARTS) is 1. The number of nitrogens with zero attached hydrogens (tertiary/aromatic N) is 2. The van der Waals surface area contributed by atoms with Crippen molar-refractivity contribution >= 4 is 46.7 Å². The van der Waals surface area contributed by atoms with E-state index < -0.39 is 28.6 Å². The number of halogens is 3. The Morgan fingerprint density at radius 1 is 1.32 bits per heavy atom. The maximum Gasteiger partial charge on any atom is 0.341 e. The van der Waals surface area contributed by atoms with E-state index in [-0.39, 0.29) is 46.3 Å². The van der Waals surface area contributed by atoms with Crippen LogP contribution in [0.15, 0.2) is 17.1 Å². The molecular formula is C18H20ClF2N3O3S. The van der Waals surface area contributed by atoms with Gasteiger partial charge in [-0.15, -0.1) is 12.4 Å². The molecule has 0 amide bonds. The van der Waals surface area contributed by atoms with Crippen LogP contribution in [0.5, 0.6) is 0 Å². The minimum absolute atomic E-state index is 0. The van der Waals surface area contributed by atoms with Crippen molar-refractivity contribution in [3.05, 3.63) is 39.7 Å². The quantitative estimate of drug-likeness (QED) is 0.773. The summed E-state index contributed by atoms with van der Waals surface area (Å²) in [4.78, 5) is 25.4. The topological polar surface area (TPSA) is 88.6 Å². The van der Waals surface area contributed by atoms with Crippen molar-refractivity contribution in [2.24, 2.45) is 5.73 Å². The van der Waals surface area contributed by atoms with Crippen molar-refractivity contribution in [2.75, 3.05) is 24.2 Å². The highest BCUT2D eigenvalue weighted by Gasteiger charge is 2.35. The second-order valence-electron chi connectivity index (χ2n) is 7.08. The van der Waals surface area contributed by atoms with Crippen molar-refractivity contribution in [2.45, 2.75) is 30.2 Å². The SMILES string of the molecule is CSC1CN(c2c(F)cc3c(=O)c(C(=O)O)cn(C4CC4)c3c2F)CC1N.Cl. The van der Waals surface area contributed by atoms with E-state index in [9.17, 15) is 19.1 Å². The van der Waals surface area contributed by atoms with Gasteiger partial charge in [0.05, 0.1) is 10.9 Å². The first-order valence-electron chi connectivity index (χ1n) is 8.67. The normalized spacial score (nSPS) is 21.8. The van der Waals surface area contributed by atoms with E-state index in [1.165, 1.54) is 10.8 Å². The molecule has 2 aliphatic rings. The summed E-state index contributed by atoms with van der Waals surface area (Å²) < 4.78 is 31.8. The van der Waals surface area contributed by atoms with Gasteiger partial charge in [-0.05, 0) is 25.2 Å². The molecule has 4 rings (SSSR count). The number of benzene rings is 1. The van der Waals surface area contributed by atoms with Crippen molar-refractivity contribution in [3.8, 4) is 0 Å². The Balaban J connectivity index is 0.00000225. The van der Waals surface area contributed by atoms with Crippen molar-refractivity contribution in [1.82, 2.24) is 4.57 Å². The molecule has 2 heterocycles. The number of rotatable bonds is 4. The second kappa shape index (κ2) is 7.53. The summed E-state index contributed by atoms with van der Waals surface area (Å²) in [6, 6.07) is 0.660. The Kier molecular flexibility index (Phi) is 5.62. The van der Waals surface area contributed by atoms with E-state index in [1.807, 2.05) is 6.26 Å². The van der Waals surface area contributed by atoms with Crippen molar-refractivity contribution < 1.29 is 18.7 Å². The van der Waals surface area contributed by atoms with Crippen molar-refractivity contribution in [1.29, 1.82) is 0 Å². The standard InChI is InChI=1S/C18H19F2N3O3S.ClH/c1-27-13-7-22(6-12(13)21)16-11(19)4-9-15(14(16)20)23(8-2-3-8)5-10(17(9)24)18(25)26;/h4-5,8,12-13H,2-3,6-7,21H2,1H3,(H,25,26);1H. The molecule has 1 aliphatic carbocycles. The number of pyridine rings is 1. The van der Waals surface area contributed by atoms with Crippen LogP contribution < -0.4 is 16.1 Å². The molecular weight excluding hydrogens is 412 g/mol. The van der Waals surface area contributed by atoms with E-state index in [2.05, 4.69) is 0 Å². The number of hydrogen-bond acceptors (Lipinski definition) is 5. The predicted molar refractivity (Wildman–Crippen MR) is 108 cm³/mol. The Bertz CT molecular complexity index is 1010. The molecule has 0 bridgehead atoms. The molecule has 2 fully saturated rings. The largest absolute Gasteiger partial charge is 0.477 e. The number of aromatic nitrogens is 1. The molecule has 1 saturated carbocycles.